The van der Waals surface area contributed by atoms with Gasteiger partial charge in [-0.3, -0.25) is 9.78 Å². The topological polar surface area (TPSA) is 123 Å². The molecule has 1 atom stereocenters. The molecule has 1 aliphatic rings. The fourth-order valence-electron chi connectivity index (χ4n) is 2.12. The van der Waals surface area contributed by atoms with Crippen LogP contribution in [-0.2, 0) is 10.0 Å². The highest BCUT2D eigenvalue weighted by atomic mass is 32.2. The van der Waals surface area contributed by atoms with Gasteiger partial charge < -0.3 is 10.1 Å². The molecule has 1 fully saturated rings. The molecule has 2 heterocycles. The van der Waals surface area contributed by atoms with Crippen molar-refractivity contribution in [2.75, 3.05) is 19.7 Å². The van der Waals surface area contributed by atoms with Gasteiger partial charge in [0, 0.05) is 25.9 Å². The first kappa shape index (κ1) is 14.0. The average molecular weight is 289 g/mol. The molecule has 1 saturated heterocycles. The van der Waals surface area contributed by atoms with Crippen molar-refractivity contribution in [3.8, 4) is 0 Å². The third-order valence-electron chi connectivity index (χ3n) is 3.14. The molecule has 0 saturated carbocycles. The Labute approximate surface area is 109 Å². The lowest BCUT2D eigenvalue weighted by atomic mass is 10.0. The highest BCUT2D eigenvalue weighted by Crippen LogP contribution is 2.21. The molecular weight excluding hydrogens is 274 g/mol. The number of aromatic nitrogens is 2. The third kappa shape index (κ3) is 2.77. The Morgan fingerprint density at radius 3 is 2.79 bits per heavy atom. The smallest absolute Gasteiger partial charge is 0.325 e. The lowest BCUT2D eigenvalue weighted by molar-refractivity contribution is 0.165. The molecule has 0 spiro atoms. The maximum atomic E-state index is 12.3. The maximum absolute atomic E-state index is 12.3. The van der Waals surface area contributed by atoms with Crippen LogP contribution >= 0.6 is 0 Å². The zero-order valence-electron chi connectivity index (χ0n) is 10.1. The van der Waals surface area contributed by atoms with Gasteiger partial charge in [-0.2, -0.15) is 4.31 Å². The first-order chi connectivity index (χ1) is 8.95. The fourth-order valence-corrected chi connectivity index (χ4v) is 3.67. The Kier molecular flexibility index (Phi) is 3.88. The largest absolute Gasteiger partial charge is 0.396 e. The van der Waals surface area contributed by atoms with Crippen molar-refractivity contribution >= 4 is 10.0 Å². The second kappa shape index (κ2) is 5.27. The number of aromatic amines is 2. The van der Waals surface area contributed by atoms with E-state index in [4.69, 9.17) is 5.11 Å². The lowest BCUT2D eigenvalue weighted by Crippen LogP contribution is -2.43. The number of sulfonamides is 1. The van der Waals surface area contributed by atoms with E-state index in [1.165, 1.54) is 4.31 Å². The van der Waals surface area contributed by atoms with Crippen LogP contribution < -0.4 is 11.2 Å². The molecule has 0 radical (unpaired) electrons. The number of hydrogen-bond donors (Lipinski definition) is 3. The maximum Gasteiger partial charge on any atom is 0.325 e. The zero-order valence-corrected chi connectivity index (χ0v) is 10.9. The minimum Gasteiger partial charge on any atom is -0.396 e. The number of aliphatic hydroxyl groups is 1. The number of aliphatic hydroxyl groups excluding tert-OH is 1. The monoisotopic (exact) mass is 289 g/mol. The molecule has 0 amide bonds. The summed E-state index contributed by atoms with van der Waals surface area (Å²) in [5.41, 5.74) is -1.69. The van der Waals surface area contributed by atoms with Crippen molar-refractivity contribution in [3.63, 3.8) is 0 Å². The van der Waals surface area contributed by atoms with Gasteiger partial charge in [-0.1, -0.05) is 0 Å². The Hall–Kier alpha value is -1.45. The molecule has 0 unspecified atom stereocenters. The van der Waals surface area contributed by atoms with Crippen LogP contribution in [0.2, 0.25) is 0 Å². The summed E-state index contributed by atoms with van der Waals surface area (Å²) in [5, 5.41) is 9.10. The molecule has 3 N–H and O–H groups in total. The summed E-state index contributed by atoms with van der Waals surface area (Å²) in [7, 11) is -3.94. The highest BCUT2D eigenvalue weighted by molar-refractivity contribution is 7.89. The fraction of sp³-hybridized carbons (Fsp3) is 0.600. The van der Waals surface area contributed by atoms with Gasteiger partial charge >= 0.3 is 5.69 Å². The summed E-state index contributed by atoms with van der Waals surface area (Å²) in [6, 6.07) is 0. The molecule has 106 valence electrons. The van der Waals surface area contributed by atoms with E-state index in [0.717, 1.165) is 12.6 Å². The number of hydrogen-bond acceptors (Lipinski definition) is 5. The Morgan fingerprint density at radius 1 is 1.42 bits per heavy atom. The van der Waals surface area contributed by atoms with E-state index in [-0.39, 0.29) is 19.1 Å². The summed E-state index contributed by atoms with van der Waals surface area (Å²) in [5.74, 6) is -0.120. The highest BCUT2D eigenvalue weighted by Gasteiger charge is 2.31. The van der Waals surface area contributed by atoms with Crippen molar-refractivity contribution in [2.45, 2.75) is 17.7 Å². The number of rotatable bonds is 3. The van der Waals surface area contributed by atoms with Crippen LogP contribution in [0.15, 0.2) is 20.7 Å². The predicted molar refractivity (Wildman–Crippen MR) is 66.3 cm³/mol. The number of nitrogens with zero attached hydrogens (tertiary/aromatic N) is 1. The van der Waals surface area contributed by atoms with Gasteiger partial charge in [-0.25, -0.2) is 13.2 Å². The van der Waals surface area contributed by atoms with Crippen LogP contribution in [0.3, 0.4) is 0 Å². The summed E-state index contributed by atoms with van der Waals surface area (Å²) in [4.78, 5) is 26.0. The van der Waals surface area contributed by atoms with E-state index in [2.05, 4.69) is 4.98 Å². The van der Waals surface area contributed by atoms with E-state index in [1.54, 1.807) is 0 Å². The Morgan fingerprint density at radius 2 is 2.16 bits per heavy atom. The van der Waals surface area contributed by atoms with Gasteiger partial charge in [-0.15, -0.1) is 0 Å². The van der Waals surface area contributed by atoms with Gasteiger partial charge in [0.15, 0.2) is 4.90 Å². The second-order valence-corrected chi connectivity index (χ2v) is 6.40. The van der Waals surface area contributed by atoms with Crippen LogP contribution in [0.25, 0.3) is 0 Å². The SMILES string of the molecule is O=c1[nH]cc(S(=O)(=O)N2CCC[C@@H](CO)C2)c(=O)[nH]1. The molecule has 1 aromatic heterocycles. The Bertz CT molecular complexity index is 662. The van der Waals surface area contributed by atoms with Crippen molar-refractivity contribution < 1.29 is 13.5 Å². The molecule has 0 aliphatic carbocycles. The molecule has 0 aromatic carbocycles. The van der Waals surface area contributed by atoms with E-state index >= 15 is 0 Å². The molecular formula is C10H15N3O5S. The lowest BCUT2D eigenvalue weighted by Gasteiger charge is -2.30. The molecule has 0 bridgehead atoms. The molecule has 9 heteroatoms. The van der Waals surface area contributed by atoms with Crippen molar-refractivity contribution in [1.29, 1.82) is 0 Å². The normalized spacial score (nSPS) is 21.4. The van der Waals surface area contributed by atoms with Gasteiger partial charge in [-0.05, 0) is 18.8 Å². The number of H-pyrrole nitrogens is 2. The average Bonchev–Trinajstić information content (AvgIpc) is 2.38. The van der Waals surface area contributed by atoms with Crippen LogP contribution in [0.4, 0.5) is 0 Å². The van der Waals surface area contributed by atoms with E-state index in [9.17, 15) is 18.0 Å². The van der Waals surface area contributed by atoms with Crippen molar-refractivity contribution in [1.82, 2.24) is 14.3 Å². The minimum absolute atomic E-state index is 0.0893. The van der Waals surface area contributed by atoms with Crippen LogP contribution in [0.1, 0.15) is 12.8 Å². The first-order valence-electron chi connectivity index (χ1n) is 5.88. The quantitative estimate of drug-likeness (QED) is 0.622. The van der Waals surface area contributed by atoms with Crippen molar-refractivity contribution in [3.05, 3.63) is 27.0 Å². The van der Waals surface area contributed by atoms with Gasteiger partial charge in [0.25, 0.3) is 5.56 Å². The third-order valence-corrected chi connectivity index (χ3v) is 5.01. The minimum atomic E-state index is -3.94. The molecule has 2 rings (SSSR count). The summed E-state index contributed by atoms with van der Waals surface area (Å²) in [6.07, 6.45) is 2.29. The molecule has 19 heavy (non-hydrogen) atoms. The summed E-state index contributed by atoms with van der Waals surface area (Å²) >= 11 is 0. The van der Waals surface area contributed by atoms with Crippen LogP contribution in [0.5, 0.6) is 0 Å². The number of nitrogens with one attached hydrogen (secondary N) is 2. The van der Waals surface area contributed by atoms with Crippen LogP contribution in [-0.4, -0.2) is 47.5 Å². The molecule has 1 aliphatic heterocycles. The van der Waals surface area contributed by atoms with E-state index in [0.29, 0.717) is 13.0 Å². The van der Waals surface area contributed by atoms with E-state index in [1.807, 2.05) is 4.98 Å². The Balaban J connectivity index is 2.37. The summed E-state index contributed by atoms with van der Waals surface area (Å²) < 4.78 is 25.7. The van der Waals surface area contributed by atoms with Gasteiger partial charge in [0.2, 0.25) is 10.0 Å². The van der Waals surface area contributed by atoms with Crippen LogP contribution in [0, 0.1) is 5.92 Å². The summed E-state index contributed by atoms with van der Waals surface area (Å²) in [6.45, 7) is 0.392. The first-order valence-corrected chi connectivity index (χ1v) is 7.32. The molecule has 1 aromatic rings. The van der Waals surface area contributed by atoms with Gasteiger partial charge in [0.1, 0.15) is 0 Å². The number of piperidine rings is 1. The molecule has 8 nitrogen and oxygen atoms in total. The zero-order chi connectivity index (χ0) is 14.0. The van der Waals surface area contributed by atoms with Crippen molar-refractivity contribution in [2.24, 2.45) is 5.92 Å². The predicted octanol–water partition coefficient (Wildman–Crippen LogP) is -1.54. The standard InChI is InChI=1S/C10H15N3O5S/c14-6-7-2-1-3-13(5-7)19(17,18)8-4-11-10(16)12-9(8)15/h4,7,14H,1-3,5-6H2,(H2,11,12,15,16)/t7-/m1/s1. The van der Waals surface area contributed by atoms with E-state index < -0.39 is 26.2 Å². The van der Waals surface area contributed by atoms with Gasteiger partial charge in [0.05, 0.1) is 0 Å². The second-order valence-electron chi connectivity index (χ2n) is 4.49.